The highest BCUT2D eigenvalue weighted by molar-refractivity contribution is 5.96. The summed E-state index contributed by atoms with van der Waals surface area (Å²) in [5.74, 6) is -1.18. The van der Waals surface area contributed by atoms with Crippen molar-refractivity contribution in [2.75, 3.05) is 26.2 Å². The summed E-state index contributed by atoms with van der Waals surface area (Å²) in [6.07, 6.45) is 2.96. The van der Waals surface area contributed by atoms with Gasteiger partial charge in [-0.3, -0.25) is 14.4 Å². The Morgan fingerprint density at radius 1 is 0.886 bits per heavy atom. The van der Waals surface area contributed by atoms with Crippen molar-refractivity contribution in [1.29, 1.82) is 0 Å². The minimum Gasteiger partial charge on any atom is -0.481 e. The van der Waals surface area contributed by atoms with E-state index >= 15 is 0 Å². The van der Waals surface area contributed by atoms with Crippen LogP contribution in [-0.4, -0.2) is 87.1 Å². The van der Waals surface area contributed by atoms with Gasteiger partial charge in [0, 0.05) is 44.2 Å². The van der Waals surface area contributed by atoms with Crippen LogP contribution in [0.1, 0.15) is 49.0 Å². The Morgan fingerprint density at radius 2 is 1.52 bits per heavy atom. The number of hydrogen-bond acceptors (Lipinski definition) is 8. The zero-order valence-electron chi connectivity index (χ0n) is 24.3. The molecule has 0 bridgehead atoms. The number of aromatic nitrogens is 2. The number of benzene rings is 2. The first kappa shape index (κ1) is 30.5. The Bertz CT molecular complexity index is 1460. The topological polar surface area (TPSA) is 151 Å². The standard InChI is InChI=1S/C32H35N5O7/c38-28(39)16-15-25(31(41)36-17-19-37(20-18-36)32(42)44-24-11-5-2-6-12-24)34-30(40)26-21-27(43-23-13-7-8-14-23)35-29(33-26)22-9-3-1-4-10-22/h1-6,9-12,21,23,25H,7-8,13-20H2,(H,34,40)(H,38,39)/t25-/m0/s1. The number of carboxylic acids is 1. The van der Waals surface area contributed by atoms with Gasteiger partial charge >= 0.3 is 12.1 Å². The quantitative estimate of drug-likeness (QED) is 0.354. The van der Waals surface area contributed by atoms with E-state index in [1.54, 1.807) is 24.3 Å². The van der Waals surface area contributed by atoms with Crippen molar-refractivity contribution in [3.05, 3.63) is 72.4 Å². The molecule has 0 radical (unpaired) electrons. The number of rotatable bonds is 10. The summed E-state index contributed by atoms with van der Waals surface area (Å²) >= 11 is 0. The van der Waals surface area contributed by atoms with Crippen LogP contribution in [0.15, 0.2) is 66.7 Å². The molecular formula is C32H35N5O7. The van der Waals surface area contributed by atoms with Crippen LogP contribution in [0.3, 0.4) is 0 Å². The smallest absolute Gasteiger partial charge is 0.415 e. The van der Waals surface area contributed by atoms with E-state index < -0.39 is 29.9 Å². The van der Waals surface area contributed by atoms with Crippen molar-refractivity contribution in [2.45, 2.75) is 50.7 Å². The molecular weight excluding hydrogens is 566 g/mol. The van der Waals surface area contributed by atoms with Gasteiger partial charge in [-0.05, 0) is 44.2 Å². The Labute approximate surface area is 255 Å². The normalized spacial score (nSPS) is 15.8. The van der Waals surface area contributed by atoms with Crippen molar-refractivity contribution >= 4 is 23.9 Å². The summed E-state index contributed by atoms with van der Waals surface area (Å²) < 4.78 is 11.5. The molecule has 1 saturated carbocycles. The number of nitrogens with one attached hydrogen (secondary N) is 1. The number of carbonyl (C=O) groups excluding carboxylic acids is 3. The fourth-order valence-electron chi connectivity index (χ4n) is 5.24. The maximum absolute atomic E-state index is 13.6. The van der Waals surface area contributed by atoms with Crippen LogP contribution < -0.4 is 14.8 Å². The summed E-state index contributed by atoms with van der Waals surface area (Å²) in [5.41, 5.74) is 0.703. The number of aliphatic carboxylic acids is 1. The van der Waals surface area contributed by atoms with Crippen LogP contribution in [-0.2, 0) is 9.59 Å². The van der Waals surface area contributed by atoms with Crippen LogP contribution in [0.4, 0.5) is 4.79 Å². The minimum atomic E-state index is -1.12. The third-order valence-corrected chi connectivity index (χ3v) is 7.61. The number of amides is 3. The highest BCUT2D eigenvalue weighted by Crippen LogP contribution is 2.25. The predicted octanol–water partition coefficient (Wildman–Crippen LogP) is 3.77. The molecule has 2 N–H and O–H groups in total. The highest BCUT2D eigenvalue weighted by Gasteiger charge is 2.32. The largest absolute Gasteiger partial charge is 0.481 e. The number of carboxylic acid groups (broad SMARTS) is 1. The van der Waals surface area contributed by atoms with Crippen molar-refractivity contribution in [3.63, 3.8) is 0 Å². The molecule has 12 heteroatoms. The van der Waals surface area contributed by atoms with Gasteiger partial charge in [-0.2, -0.15) is 4.98 Å². The molecule has 1 aliphatic heterocycles. The van der Waals surface area contributed by atoms with E-state index in [1.807, 2.05) is 36.4 Å². The van der Waals surface area contributed by atoms with Gasteiger partial charge in [0.05, 0.1) is 0 Å². The fourth-order valence-corrected chi connectivity index (χ4v) is 5.24. The Kier molecular flexibility index (Phi) is 10.0. The van der Waals surface area contributed by atoms with Gasteiger partial charge in [0.25, 0.3) is 5.91 Å². The zero-order valence-corrected chi connectivity index (χ0v) is 24.3. The second-order valence-electron chi connectivity index (χ2n) is 10.8. The average Bonchev–Trinajstić information content (AvgIpc) is 3.56. The maximum atomic E-state index is 13.6. The van der Waals surface area contributed by atoms with Crippen LogP contribution in [0.5, 0.6) is 11.6 Å². The monoisotopic (exact) mass is 601 g/mol. The first-order chi connectivity index (χ1) is 21.4. The molecule has 2 fully saturated rings. The average molecular weight is 602 g/mol. The molecule has 0 spiro atoms. The van der Waals surface area contributed by atoms with Crippen LogP contribution in [0.2, 0.25) is 0 Å². The Balaban J connectivity index is 1.28. The lowest BCUT2D eigenvalue weighted by molar-refractivity contribution is -0.138. The first-order valence-electron chi connectivity index (χ1n) is 14.8. The lowest BCUT2D eigenvalue weighted by atomic mass is 10.1. The molecule has 0 unspecified atom stereocenters. The van der Waals surface area contributed by atoms with Gasteiger partial charge in [0.15, 0.2) is 5.82 Å². The summed E-state index contributed by atoms with van der Waals surface area (Å²) in [6, 6.07) is 18.2. The molecule has 1 aromatic heterocycles. The summed E-state index contributed by atoms with van der Waals surface area (Å²) in [5, 5.41) is 12.0. The first-order valence-corrected chi connectivity index (χ1v) is 14.8. The molecule has 1 aliphatic carbocycles. The molecule has 230 valence electrons. The second kappa shape index (κ2) is 14.5. The lowest BCUT2D eigenvalue weighted by Gasteiger charge is -2.35. The molecule has 3 aromatic rings. The highest BCUT2D eigenvalue weighted by atomic mass is 16.6. The van der Waals surface area contributed by atoms with Gasteiger partial charge in [-0.25, -0.2) is 9.78 Å². The second-order valence-corrected chi connectivity index (χ2v) is 10.8. The van der Waals surface area contributed by atoms with Crippen molar-refractivity contribution < 1.29 is 33.8 Å². The zero-order chi connectivity index (χ0) is 30.9. The molecule has 2 aliphatic rings. The van der Waals surface area contributed by atoms with Crippen LogP contribution in [0, 0.1) is 0 Å². The fraction of sp³-hybridized carbons (Fsp3) is 0.375. The SMILES string of the molecule is O=C(O)CC[C@H](NC(=O)c1cc(OC2CCCC2)nc(-c2ccccc2)n1)C(=O)N1CCN(C(=O)Oc2ccccc2)CC1. The molecule has 1 atom stereocenters. The number of hydrogen-bond donors (Lipinski definition) is 2. The van der Waals surface area contributed by atoms with Crippen molar-refractivity contribution in [3.8, 4) is 23.0 Å². The van der Waals surface area contributed by atoms with E-state index in [2.05, 4.69) is 15.3 Å². The predicted molar refractivity (Wildman–Crippen MR) is 159 cm³/mol. The third kappa shape index (κ3) is 8.09. The van der Waals surface area contributed by atoms with E-state index in [-0.39, 0.29) is 56.7 Å². The van der Waals surface area contributed by atoms with E-state index in [4.69, 9.17) is 9.47 Å². The summed E-state index contributed by atoms with van der Waals surface area (Å²) in [6.45, 7) is 0.858. The van der Waals surface area contributed by atoms with E-state index in [0.717, 1.165) is 25.7 Å². The van der Waals surface area contributed by atoms with Gasteiger partial charge in [0.1, 0.15) is 23.6 Å². The summed E-state index contributed by atoms with van der Waals surface area (Å²) in [7, 11) is 0. The Hall–Kier alpha value is -5.00. The number of carbonyl (C=O) groups is 4. The van der Waals surface area contributed by atoms with Crippen molar-refractivity contribution in [1.82, 2.24) is 25.1 Å². The van der Waals surface area contributed by atoms with Crippen LogP contribution >= 0.6 is 0 Å². The summed E-state index contributed by atoms with van der Waals surface area (Å²) in [4.78, 5) is 63.1. The van der Waals surface area contributed by atoms with Gasteiger partial charge in [0.2, 0.25) is 11.8 Å². The molecule has 12 nitrogen and oxygen atoms in total. The molecule has 2 heterocycles. The van der Waals surface area contributed by atoms with E-state index in [0.29, 0.717) is 17.1 Å². The molecule has 1 saturated heterocycles. The Morgan fingerprint density at radius 3 is 2.18 bits per heavy atom. The van der Waals surface area contributed by atoms with Crippen molar-refractivity contribution in [2.24, 2.45) is 0 Å². The van der Waals surface area contributed by atoms with E-state index in [1.165, 1.54) is 15.9 Å². The van der Waals surface area contributed by atoms with E-state index in [9.17, 15) is 24.3 Å². The molecule has 44 heavy (non-hydrogen) atoms. The molecule has 2 aromatic carbocycles. The van der Waals surface area contributed by atoms with Gasteiger partial charge < -0.3 is 29.7 Å². The number of para-hydroxylation sites is 1. The third-order valence-electron chi connectivity index (χ3n) is 7.61. The number of ether oxygens (including phenoxy) is 2. The van der Waals surface area contributed by atoms with Crippen LogP contribution in [0.25, 0.3) is 11.4 Å². The molecule has 5 rings (SSSR count). The number of nitrogens with zero attached hydrogens (tertiary/aromatic N) is 4. The van der Waals surface area contributed by atoms with Gasteiger partial charge in [-0.1, -0.05) is 48.5 Å². The number of piperazine rings is 1. The van der Waals surface area contributed by atoms with Gasteiger partial charge in [-0.15, -0.1) is 0 Å². The maximum Gasteiger partial charge on any atom is 0.415 e. The molecule has 3 amide bonds. The minimum absolute atomic E-state index is 0.00188. The lowest BCUT2D eigenvalue weighted by Crippen LogP contribution is -2.56.